The fourth-order valence-electron chi connectivity index (χ4n) is 0.648. The summed E-state index contributed by atoms with van der Waals surface area (Å²) in [4.78, 5) is 14.0. The van der Waals surface area contributed by atoms with Gasteiger partial charge in [-0.3, -0.25) is 4.79 Å². The second kappa shape index (κ2) is 5.72. The Morgan fingerprint density at radius 1 is 1.50 bits per heavy atom. The topological polar surface area (TPSA) is 30.0 Å². The summed E-state index contributed by atoms with van der Waals surface area (Å²) in [5.41, 5.74) is 1.45. The van der Waals surface area contributed by atoms with E-state index in [1.807, 2.05) is 20.8 Å². The summed E-state index contributed by atoms with van der Waals surface area (Å²) >= 11 is 4.83. The molecule has 0 bridgehead atoms. The van der Waals surface area contributed by atoms with Gasteiger partial charge in [0.2, 0.25) is 0 Å². The fraction of sp³-hybridized carbons (Fsp3) is 0.333. The highest BCUT2D eigenvalue weighted by molar-refractivity contribution is 5.74. The molecule has 0 atom stereocenters. The number of hydrogen-bond acceptors (Lipinski definition) is 2. The lowest BCUT2D eigenvalue weighted by atomic mass is 10.2. The average Bonchev–Trinajstić information content (AvgIpc) is 2.13. The molecule has 0 spiro atoms. The predicted molar refractivity (Wildman–Crippen MR) is 46.3 cm³/mol. The van der Waals surface area contributed by atoms with Crippen molar-refractivity contribution in [1.29, 1.82) is 0 Å². The van der Waals surface area contributed by atoms with Crippen molar-refractivity contribution in [1.82, 2.24) is 4.98 Å². The Morgan fingerprint density at radius 2 is 2.08 bits per heavy atom. The number of aryl methyl sites for hydroxylation is 1. The molecule has 0 amide bonds. The summed E-state index contributed by atoms with van der Waals surface area (Å²) in [6.07, 6.45) is 2.23. The van der Waals surface area contributed by atoms with E-state index in [4.69, 9.17) is 11.6 Å². The second-order valence-electron chi connectivity index (χ2n) is 2.01. The SMILES string of the molecule is CC.Cc1cc(C=O)cnc1[ClH+]. The summed E-state index contributed by atoms with van der Waals surface area (Å²) < 4.78 is 0. The third-order valence-corrected chi connectivity index (χ3v) is 1.61. The molecule has 0 N–H and O–H groups in total. The number of rotatable bonds is 1. The highest BCUT2D eigenvalue weighted by Crippen LogP contribution is 2.05. The fourth-order valence-corrected chi connectivity index (χ4v) is 0.760. The number of carbonyl (C=O) groups is 1. The zero-order valence-electron chi connectivity index (χ0n) is 7.50. The summed E-state index contributed by atoms with van der Waals surface area (Å²) in [6.45, 7) is 5.84. The largest absolute Gasteiger partial charge is 0.321 e. The number of halogens is 1. The van der Waals surface area contributed by atoms with Gasteiger partial charge >= 0.3 is 5.15 Å². The van der Waals surface area contributed by atoms with E-state index >= 15 is 0 Å². The molecule has 1 aromatic heterocycles. The first-order chi connectivity index (χ1) is 5.74. The average molecular weight is 187 g/mol. The minimum absolute atomic E-state index is 0.561. The number of hydrogen-bond donors (Lipinski definition) is 0. The molecule has 1 rings (SSSR count). The van der Waals surface area contributed by atoms with Gasteiger partial charge < -0.3 is 0 Å². The van der Waals surface area contributed by atoms with Crippen molar-refractivity contribution in [2.45, 2.75) is 20.8 Å². The van der Waals surface area contributed by atoms with Gasteiger partial charge in [0.1, 0.15) is 0 Å². The first-order valence-electron chi connectivity index (χ1n) is 3.83. The highest BCUT2D eigenvalue weighted by Gasteiger charge is 2.03. The van der Waals surface area contributed by atoms with E-state index in [0.29, 0.717) is 10.7 Å². The number of aldehydes is 1. The molecule has 0 saturated heterocycles. The molecule has 0 aliphatic carbocycles. The van der Waals surface area contributed by atoms with Gasteiger partial charge in [0.05, 0.1) is 0 Å². The van der Waals surface area contributed by atoms with Crippen molar-refractivity contribution in [2.75, 3.05) is 0 Å². The van der Waals surface area contributed by atoms with E-state index in [1.165, 1.54) is 6.20 Å². The quantitative estimate of drug-likeness (QED) is 0.496. The van der Waals surface area contributed by atoms with Crippen molar-refractivity contribution in [2.24, 2.45) is 0 Å². The predicted octanol–water partition coefficient (Wildman–Crippen LogP) is 1.92. The van der Waals surface area contributed by atoms with Crippen molar-refractivity contribution in [3.63, 3.8) is 0 Å². The third kappa shape index (κ3) is 3.01. The standard InChI is InChI=1S/C7H7ClNO.C2H6/c1-5-2-6(4-10)3-9-7(5)8;1-2/h2-4,8H,1H3;1-2H3/q+1;. The van der Waals surface area contributed by atoms with Crippen LogP contribution in [0.5, 0.6) is 0 Å². The van der Waals surface area contributed by atoms with Crippen molar-refractivity contribution >= 4 is 6.29 Å². The van der Waals surface area contributed by atoms with E-state index in [0.717, 1.165) is 11.8 Å². The Morgan fingerprint density at radius 3 is 2.50 bits per heavy atom. The van der Waals surface area contributed by atoms with E-state index in [-0.39, 0.29) is 0 Å². The van der Waals surface area contributed by atoms with Crippen molar-refractivity contribution < 1.29 is 16.4 Å². The van der Waals surface area contributed by atoms with Gasteiger partial charge in [-0.1, -0.05) is 13.8 Å². The normalized spacial score (nSPS) is 8.33. The smallest absolute Gasteiger partial charge is 0.298 e. The van der Waals surface area contributed by atoms with Gasteiger partial charge in [0.25, 0.3) is 0 Å². The molecular weight excluding hydrogens is 174 g/mol. The maximum Gasteiger partial charge on any atom is 0.321 e. The molecular formula is C9H13ClNO+. The molecule has 1 aromatic rings. The Balaban J connectivity index is 0.000000561. The van der Waals surface area contributed by atoms with Gasteiger partial charge in [-0.05, 0) is 13.0 Å². The van der Waals surface area contributed by atoms with Crippen molar-refractivity contribution in [3.8, 4) is 0 Å². The minimum Gasteiger partial charge on any atom is -0.298 e. The van der Waals surface area contributed by atoms with Crippen LogP contribution < -0.4 is 0 Å². The molecule has 1 heterocycles. The molecule has 0 saturated carbocycles. The van der Waals surface area contributed by atoms with E-state index in [1.54, 1.807) is 6.07 Å². The van der Waals surface area contributed by atoms with Crippen LogP contribution in [0.25, 0.3) is 0 Å². The van der Waals surface area contributed by atoms with Gasteiger partial charge in [0.15, 0.2) is 17.9 Å². The molecule has 0 aromatic carbocycles. The molecule has 0 fully saturated rings. The molecule has 0 aliphatic heterocycles. The number of carbonyl (C=O) groups excluding carboxylic acids is 1. The third-order valence-electron chi connectivity index (χ3n) is 1.19. The zero-order chi connectivity index (χ0) is 9.56. The van der Waals surface area contributed by atoms with Crippen LogP contribution in [0.1, 0.15) is 29.8 Å². The molecule has 12 heavy (non-hydrogen) atoms. The lowest BCUT2D eigenvalue weighted by Gasteiger charge is -1.89. The van der Waals surface area contributed by atoms with Crippen LogP contribution in [0.2, 0.25) is 5.15 Å². The van der Waals surface area contributed by atoms with Crippen LogP contribution >= 0.6 is 0 Å². The molecule has 3 heteroatoms. The molecule has 0 aliphatic rings. The Bertz CT molecular complexity index is 261. The Kier molecular flexibility index (Phi) is 5.30. The van der Waals surface area contributed by atoms with Crippen LogP contribution in [0.4, 0.5) is 0 Å². The van der Waals surface area contributed by atoms with Gasteiger partial charge in [-0.2, -0.15) is 0 Å². The number of nitrogens with zero attached hydrogens (tertiary/aromatic N) is 1. The van der Waals surface area contributed by atoms with Gasteiger partial charge in [-0.15, -0.1) is 0 Å². The van der Waals surface area contributed by atoms with Crippen LogP contribution in [0.3, 0.4) is 0 Å². The zero-order valence-corrected chi connectivity index (χ0v) is 8.31. The molecule has 0 radical (unpaired) electrons. The van der Waals surface area contributed by atoms with Crippen LogP contribution in [-0.2, 0) is 0 Å². The lowest BCUT2D eigenvalue weighted by molar-refractivity contribution is -0.297. The lowest BCUT2D eigenvalue weighted by Crippen LogP contribution is -1.87. The van der Waals surface area contributed by atoms with Crippen LogP contribution in [-0.4, -0.2) is 11.3 Å². The Hall–Kier alpha value is -0.890. The summed E-state index contributed by atoms with van der Waals surface area (Å²) in [6, 6.07) is 1.72. The maximum absolute atomic E-state index is 10.2. The second-order valence-corrected chi connectivity index (χ2v) is 2.40. The minimum atomic E-state index is 0.561. The van der Waals surface area contributed by atoms with Gasteiger partial charge in [0, 0.05) is 17.3 Å². The first-order valence-corrected chi connectivity index (χ1v) is 4.23. The maximum atomic E-state index is 10.2. The summed E-state index contributed by atoms with van der Waals surface area (Å²) in [5, 5.41) is 0.561. The van der Waals surface area contributed by atoms with E-state index in [2.05, 4.69) is 4.98 Å². The summed E-state index contributed by atoms with van der Waals surface area (Å²) in [5.74, 6) is 0. The molecule has 2 nitrogen and oxygen atoms in total. The monoisotopic (exact) mass is 186 g/mol. The Labute approximate surface area is 77.6 Å². The van der Waals surface area contributed by atoms with Crippen molar-refractivity contribution in [3.05, 3.63) is 28.5 Å². The summed E-state index contributed by atoms with van der Waals surface area (Å²) in [7, 11) is 0. The van der Waals surface area contributed by atoms with Crippen LogP contribution in [0, 0.1) is 18.5 Å². The van der Waals surface area contributed by atoms with Crippen LogP contribution in [0.15, 0.2) is 12.3 Å². The van der Waals surface area contributed by atoms with E-state index in [9.17, 15) is 4.79 Å². The number of pyridine rings is 1. The van der Waals surface area contributed by atoms with E-state index < -0.39 is 0 Å². The molecule has 66 valence electrons. The highest BCUT2D eigenvalue weighted by atomic mass is 35.5. The molecule has 0 unspecified atom stereocenters. The van der Waals surface area contributed by atoms with Gasteiger partial charge in [-0.25, -0.2) is 4.98 Å². The first kappa shape index (κ1) is 11.1. The number of aromatic nitrogens is 1.